The highest BCUT2D eigenvalue weighted by Crippen LogP contribution is 2.28. The Morgan fingerprint density at radius 2 is 2.00 bits per heavy atom. The Bertz CT molecular complexity index is 829. The molecule has 0 aliphatic carbocycles. The third-order valence-electron chi connectivity index (χ3n) is 3.12. The lowest BCUT2D eigenvalue weighted by atomic mass is 10.3. The maximum absolute atomic E-state index is 12.0. The fourth-order valence-electron chi connectivity index (χ4n) is 2.00. The highest BCUT2D eigenvalue weighted by molar-refractivity contribution is 7.92. The van der Waals surface area contributed by atoms with Crippen molar-refractivity contribution in [3.8, 4) is 0 Å². The van der Waals surface area contributed by atoms with Gasteiger partial charge in [0.1, 0.15) is 0 Å². The zero-order valence-corrected chi connectivity index (χ0v) is 15.1. The van der Waals surface area contributed by atoms with E-state index < -0.39 is 10.0 Å². The molecule has 0 unspecified atom stereocenters. The summed E-state index contributed by atoms with van der Waals surface area (Å²) in [5.74, 6) is -0.328. The smallest absolute Gasteiger partial charge is 0.252 e. The summed E-state index contributed by atoms with van der Waals surface area (Å²) in [5, 5.41) is 3.24. The lowest BCUT2D eigenvalue weighted by Crippen LogP contribution is -2.38. The number of nitrogens with zero attached hydrogens (tertiary/aromatic N) is 2. The number of nitrogens with one attached hydrogen (secondary N) is 1. The zero-order chi connectivity index (χ0) is 17.7. The Balaban J connectivity index is 2.08. The number of hydrogen-bond acceptors (Lipinski definition) is 4. The van der Waals surface area contributed by atoms with Gasteiger partial charge in [0.05, 0.1) is 34.1 Å². The fraction of sp³-hybridized carbons (Fsp3) is 0.200. The molecule has 24 heavy (non-hydrogen) atoms. The van der Waals surface area contributed by atoms with Crippen molar-refractivity contribution in [2.75, 3.05) is 23.7 Å². The zero-order valence-electron chi connectivity index (χ0n) is 12.7. The highest BCUT2D eigenvalue weighted by Gasteiger charge is 2.18. The van der Waals surface area contributed by atoms with E-state index in [9.17, 15) is 13.2 Å². The highest BCUT2D eigenvalue weighted by atomic mass is 35.5. The lowest BCUT2D eigenvalue weighted by Gasteiger charge is -2.23. The molecule has 9 heteroatoms. The summed E-state index contributed by atoms with van der Waals surface area (Å²) in [4.78, 5) is 15.8. The standard InChI is InChI=1S/C15H15Cl2N3O3S/c1-24(22,23)20(12-4-5-13(16)14(17)9-12)8-7-19-15(21)11-3-2-6-18-10-11/h2-6,9-10H,7-8H2,1H3,(H,19,21). The molecule has 0 atom stereocenters. The van der Waals surface area contributed by atoms with Crippen LogP contribution in [0.2, 0.25) is 10.0 Å². The summed E-state index contributed by atoms with van der Waals surface area (Å²) >= 11 is 11.8. The lowest BCUT2D eigenvalue weighted by molar-refractivity contribution is 0.0954. The van der Waals surface area contributed by atoms with Crippen molar-refractivity contribution in [2.45, 2.75) is 0 Å². The van der Waals surface area contributed by atoms with Gasteiger partial charge < -0.3 is 5.32 Å². The Morgan fingerprint density at radius 3 is 2.58 bits per heavy atom. The number of aromatic nitrogens is 1. The monoisotopic (exact) mass is 387 g/mol. The van der Waals surface area contributed by atoms with Crippen molar-refractivity contribution in [2.24, 2.45) is 0 Å². The summed E-state index contributed by atoms with van der Waals surface area (Å²) < 4.78 is 25.2. The molecule has 0 radical (unpaired) electrons. The van der Waals surface area contributed by atoms with Crippen LogP contribution < -0.4 is 9.62 Å². The number of rotatable bonds is 6. The van der Waals surface area contributed by atoms with Crippen LogP contribution in [0, 0.1) is 0 Å². The van der Waals surface area contributed by atoms with Gasteiger partial charge in [-0.25, -0.2) is 8.42 Å². The SMILES string of the molecule is CS(=O)(=O)N(CCNC(=O)c1cccnc1)c1ccc(Cl)c(Cl)c1. The number of carbonyl (C=O) groups excluding carboxylic acids is 1. The minimum Gasteiger partial charge on any atom is -0.350 e. The van der Waals surface area contributed by atoms with Crippen LogP contribution in [0.25, 0.3) is 0 Å². The van der Waals surface area contributed by atoms with Crippen molar-refractivity contribution in [1.29, 1.82) is 0 Å². The molecular formula is C15H15Cl2N3O3S. The number of pyridine rings is 1. The number of halogens is 2. The van der Waals surface area contributed by atoms with Gasteiger partial charge >= 0.3 is 0 Å². The summed E-state index contributed by atoms with van der Waals surface area (Å²) in [6, 6.07) is 7.81. The topological polar surface area (TPSA) is 79.4 Å². The van der Waals surface area contributed by atoms with E-state index in [1.54, 1.807) is 24.4 Å². The van der Waals surface area contributed by atoms with Crippen LogP contribution in [-0.2, 0) is 10.0 Å². The van der Waals surface area contributed by atoms with E-state index in [-0.39, 0.29) is 24.0 Å². The maximum atomic E-state index is 12.0. The van der Waals surface area contributed by atoms with E-state index in [1.165, 1.54) is 18.3 Å². The third-order valence-corrected chi connectivity index (χ3v) is 5.05. The molecule has 0 saturated carbocycles. The van der Waals surface area contributed by atoms with Crippen LogP contribution in [0.1, 0.15) is 10.4 Å². The van der Waals surface area contributed by atoms with Gasteiger partial charge in [0.15, 0.2) is 0 Å². The van der Waals surface area contributed by atoms with E-state index in [0.717, 1.165) is 10.6 Å². The van der Waals surface area contributed by atoms with Crippen molar-refractivity contribution in [1.82, 2.24) is 10.3 Å². The van der Waals surface area contributed by atoms with E-state index in [0.29, 0.717) is 16.3 Å². The summed E-state index contributed by atoms with van der Waals surface area (Å²) in [5.41, 5.74) is 0.778. The van der Waals surface area contributed by atoms with Crippen molar-refractivity contribution < 1.29 is 13.2 Å². The molecule has 128 valence electrons. The molecule has 6 nitrogen and oxygen atoms in total. The van der Waals surface area contributed by atoms with Gasteiger partial charge in [-0.1, -0.05) is 23.2 Å². The first-order chi connectivity index (χ1) is 11.3. The van der Waals surface area contributed by atoms with Gasteiger partial charge in [0.2, 0.25) is 10.0 Å². The van der Waals surface area contributed by atoms with Gasteiger partial charge in [-0.3, -0.25) is 14.1 Å². The molecule has 2 rings (SSSR count). The molecule has 0 fully saturated rings. The Kier molecular flexibility index (Phi) is 6.04. The fourth-order valence-corrected chi connectivity index (χ4v) is 3.21. The van der Waals surface area contributed by atoms with Gasteiger partial charge in [-0.15, -0.1) is 0 Å². The molecule has 1 aromatic carbocycles. The van der Waals surface area contributed by atoms with E-state index in [2.05, 4.69) is 10.3 Å². The maximum Gasteiger partial charge on any atom is 0.252 e. The quantitative estimate of drug-likeness (QED) is 0.825. The van der Waals surface area contributed by atoms with Crippen molar-refractivity contribution in [3.05, 3.63) is 58.3 Å². The first-order valence-electron chi connectivity index (χ1n) is 6.90. The molecule has 1 N–H and O–H groups in total. The first-order valence-corrected chi connectivity index (χ1v) is 9.50. The molecule has 1 heterocycles. The largest absolute Gasteiger partial charge is 0.350 e. The minimum atomic E-state index is -3.54. The Labute approximate surface area is 150 Å². The van der Waals surface area contributed by atoms with Gasteiger partial charge in [-0.2, -0.15) is 0 Å². The third kappa shape index (κ3) is 4.83. The number of hydrogen-bond donors (Lipinski definition) is 1. The van der Waals surface area contributed by atoms with E-state index >= 15 is 0 Å². The predicted octanol–water partition coefficient (Wildman–Crippen LogP) is 2.58. The van der Waals surface area contributed by atoms with Crippen LogP contribution >= 0.6 is 23.2 Å². The molecule has 2 aromatic rings. The summed E-state index contributed by atoms with van der Waals surface area (Å²) in [6.07, 6.45) is 4.08. The van der Waals surface area contributed by atoms with Crippen LogP contribution in [0.3, 0.4) is 0 Å². The average molecular weight is 388 g/mol. The molecule has 1 aromatic heterocycles. The second kappa shape index (κ2) is 7.83. The van der Waals surface area contributed by atoms with E-state index in [1.807, 2.05) is 0 Å². The van der Waals surface area contributed by atoms with Crippen LogP contribution in [0.4, 0.5) is 5.69 Å². The predicted molar refractivity (Wildman–Crippen MR) is 95.2 cm³/mol. The van der Waals surface area contributed by atoms with Crippen LogP contribution in [0.5, 0.6) is 0 Å². The van der Waals surface area contributed by atoms with Crippen LogP contribution in [-0.4, -0.2) is 38.7 Å². The molecule has 0 aliphatic rings. The number of benzene rings is 1. The normalized spacial score (nSPS) is 11.1. The number of anilines is 1. The minimum absolute atomic E-state index is 0.0583. The summed E-state index contributed by atoms with van der Waals surface area (Å²) in [6.45, 7) is 0.184. The average Bonchev–Trinajstić information content (AvgIpc) is 2.54. The van der Waals surface area contributed by atoms with Gasteiger partial charge in [0.25, 0.3) is 5.91 Å². The van der Waals surface area contributed by atoms with Crippen LogP contribution in [0.15, 0.2) is 42.7 Å². The summed E-state index contributed by atoms with van der Waals surface area (Å²) in [7, 11) is -3.54. The molecule has 1 amide bonds. The molecule has 0 aliphatic heterocycles. The van der Waals surface area contributed by atoms with Gasteiger partial charge in [-0.05, 0) is 30.3 Å². The number of sulfonamides is 1. The number of amides is 1. The van der Waals surface area contributed by atoms with Crippen molar-refractivity contribution >= 4 is 44.8 Å². The first kappa shape index (κ1) is 18.5. The second-order valence-corrected chi connectivity index (χ2v) is 7.65. The number of carbonyl (C=O) groups is 1. The molecule has 0 saturated heterocycles. The Morgan fingerprint density at radius 1 is 1.25 bits per heavy atom. The molecule has 0 bridgehead atoms. The molecular weight excluding hydrogens is 373 g/mol. The van der Waals surface area contributed by atoms with E-state index in [4.69, 9.17) is 23.2 Å². The second-order valence-electron chi connectivity index (χ2n) is 4.93. The molecule has 0 spiro atoms. The van der Waals surface area contributed by atoms with Gasteiger partial charge in [0, 0.05) is 18.9 Å². The van der Waals surface area contributed by atoms with Crippen molar-refractivity contribution in [3.63, 3.8) is 0 Å². The Hall–Kier alpha value is -1.83.